The lowest BCUT2D eigenvalue weighted by Gasteiger charge is -2.03. The van der Waals surface area contributed by atoms with Crippen LogP contribution in [0.4, 0.5) is 0 Å². The van der Waals surface area contributed by atoms with E-state index in [9.17, 15) is 4.79 Å². The van der Waals surface area contributed by atoms with Crippen LogP contribution >= 0.6 is 0 Å². The van der Waals surface area contributed by atoms with Crippen LogP contribution < -0.4 is 5.32 Å². The highest BCUT2D eigenvalue weighted by molar-refractivity contribution is 5.82. The Labute approximate surface area is 112 Å². The molecular formula is C15H17N3O. The molecule has 19 heavy (non-hydrogen) atoms. The molecule has 4 nitrogen and oxygen atoms in total. The highest BCUT2D eigenvalue weighted by atomic mass is 16.2. The molecule has 2 N–H and O–H groups in total. The summed E-state index contributed by atoms with van der Waals surface area (Å²) in [5, 5.41) is 2.98. The van der Waals surface area contributed by atoms with Crippen LogP contribution in [0.5, 0.6) is 0 Å². The van der Waals surface area contributed by atoms with Gasteiger partial charge in [0.1, 0.15) is 5.82 Å². The van der Waals surface area contributed by atoms with E-state index < -0.39 is 0 Å². The zero-order valence-corrected chi connectivity index (χ0v) is 10.7. The maximum absolute atomic E-state index is 12.0. The van der Waals surface area contributed by atoms with Crippen molar-refractivity contribution in [2.75, 3.05) is 6.54 Å². The maximum atomic E-state index is 12.0. The standard InChI is InChI=1S/C15H17N3O/c19-15(18-7-6-14-16-8-9-17-14)13-10-12(13)11-4-2-1-3-5-11/h1-5,8-9,12-13H,6-7,10H2,(H,16,17)(H,18,19). The average Bonchev–Trinajstić information content (AvgIpc) is 3.09. The van der Waals surface area contributed by atoms with Crippen molar-refractivity contribution < 1.29 is 4.79 Å². The van der Waals surface area contributed by atoms with Crippen molar-refractivity contribution in [3.8, 4) is 0 Å². The number of aromatic amines is 1. The third-order valence-corrected chi connectivity index (χ3v) is 3.57. The summed E-state index contributed by atoms with van der Waals surface area (Å²) >= 11 is 0. The van der Waals surface area contributed by atoms with Crippen molar-refractivity contribution in [2.45, 2.75) is 18.8 Å². The molecule has 4 heteroatoms. The van der Waals surface area contributed by atoms with Gasteiger partial charge in [-0.05, 0) is 17.9 Å². The Morgan fingerprint density at radius 3 is 2.95 bits per heavy atom. The van der Waals surface area contributed by atoms with Crippen LogP contribution in [0, 0.1) is 5.92 Å². The number of nitrogens with zero attached hydrogens (tertiary/aromatic N) is 1. The van der Waals surface area contributed by atoms with Crippen LogP contribution in [0.15, 0.2) is 42.7 Å². The number of aromatic nitrogens is 2. The summed E-state index contributed by atoms with van der Waals surface area (Å²) in [7, 11) is 0. The molecule has 0 aliphatic heterocycles. The molecule has 2 unspecified atom stereocenters. The highest BCUT2D eigenvalue weighted by Gasteiger charge is 2.43. The Bertz CT molecular complexity index is 536. The Morgan fingerprint density at radius 1 is 1.37 bits per heavy atom. The Kier molecular flexibility index (Phi) is 3.31. The maximum Gasteiger partial charge on any atom is 0.223 e. The van der Waals surface area contributed by atoms with Crippen molar-refractivity contribution in [3.05, 3.63) is 54.1 Å². The van der Waals surface area contributed by atoms with Gasteiger partial charge in [-0.25, -0.2) is 4.98 Å². The van der Waals surface area contributed by atoms with E-state index >= 15 is 0 Å². The molecule has 2 aromatic rings. The molecule has 1 aliphatic carbocycles. The van der Waals surface area contributed by atoms with Crippen LogP contribution in [0.2, 0.25) is 0 Å². The van der Waals surface area contributed by atoms with Gasteiger partial charge in [0, 0.05) is 31.3 Å². The number of hydrogen-bond acceptors (Lipinski definition) is 2. The van der Waals surface area contributed by atoms with Gasteiger partial charge in [0.15, 0.2) is 0 Å². The zero-order valence-electron chi connectivity index (χ0n) is 10.7. The molecule has 1 aliphatic rings. The number of amides is 1. The van der Waals surface area contributed by atoms with Crippen LogP contribution in [0.1, 0.15) is 23.7 Å². The number of H-pyrrole nitrogens is 1. The van der Waals surface area contributed by atoms with Crippen molar-refractivity contribution in [2.24, 2.45) is 5.92 Å². The first-order chi connectivity index (χ1) is 9.34. The number of rotatable bonds is 5. The van der Waals surface area contributed by atoms with E-state index in [0.717, 1.165) is 18.7 Å². The summed E-state index contributed by atoms with van der Waals surface area (Å²) in [6, 6.07) is 10.3. The van der Waals surface area contributed by atoms with E-state index in [4.69, 9.17) is 0 Å². The monoisotopic (exact) mass is 255 g/mol. The summed E-state index contributed by atoms with van der Waals surface area (Å²) in [6.07, 6.45) is 5.24. The van der Waals surface area contributed by atoms with E-state index in [1.54, 1.807) is 12.4 Å². The number of carbonyl (C=O) groups is 1. The van der Waals surface area contributed by atoms with Crippen LogP contribution in [0.3, 0.4) is 0 Å². The summed E-state index contributed by atoms with van der Waals surface area (Å²) in [5.74, 6) is 1.64. The summed E-state index contributed by atoms with van der Waals surface area (Å²) in [6.45, 7) is 0.643. The van der Waals surface area contributed by atoms with Gasteiger partial charge in [0.2, 0.25) is 5.91 Å². The number of nitrogens with one attached hydrogen (secondary N) is 2. The molecule has 98 valence electrons. The summed E-state index contributed by atoms with van der Waals surface area (Å²) < 4.78 is 0. The third-order valence-electron chi connectivity index (χ3n) is 3.57. The van der Waals surface area contributed by atoms with E-state index in [2.05, 4.69) is 27.4 Å². The fourth-order valence-corrected chi connectivity index (χ4v) is 2.42. The van der Waals surface area contributed by atoms with Crippen molar-refractivity contribution in [1.82, 2.24) is 15.3 Å². The molecule has 0 radical (unpaired) electrons. The lowest BCUT2D eigenvalue weighted by molar-refractivity contribution is -0.122. The molecule has 1 heterocycles. The molecule has 0 bridgehead atoms. The van der Waals surface area contributed by atoms with Crippen molar-refractivity contribution >= 4 is 5.91 Å². The van der Waals surface area contributed by atoms with Crippen molar-refractivity contribution in [3.63, 3.8) is 0 Å². The lowest BCUT2D eigenvalue weighted by atomic mass is 10.1. The molecule has 1 amide bonds. The predicted octanol–water partition coefficient (Wildman–Crippen LogP) is 1.87. The number of carbonyl (C=O) groups excluding carboxylic acids is 1. The minimum Gasteiger partial charge on any atom is -0.355 e. The predicted molar refractivity (Wildman–Crippen MR) is 72.6 cm³/mol. The first-order valence-electron chi connectivity index (χ1n) is 6.65. The fraction of sp³-hybridized carbons (Fsp3) is 0.333. The van der Waals surface area contributed by atoms with Gasteiger partial charge in [-0.2, -0.15) is 0 Å². The van der Waals surface area contributed by atoms with Gasteiger partial charge < -0.3 is 10.3 Å². The van der Waals surface area contributed by atoms with E-state index in [1.165, 1.54) is 5.56 Å². The van der Waals surface area contributed by atoms with Gasteiger partial charge in [0.05, 0.1) is 0 Å². The second-order valence-corrected chi connectivity index (χ2v) is 4.94. The second-order valence-electron chi connectivity index (χ2n) is 4.94. The van der Waals surface area contributed by atoms with Crippen LogP contribution in [-0.4, -0.2) is 22.4 Å². The van der Waals surface area contributed by atoms with Gasteiger partial charge in [-0.1, -0.05) is 30.3 Å². The van der Waals surface area contributed by atoms with Gasteiger partial charge >= 0.3 is 0 Å². The van der Waals surface area contributed by atoms with E-state index in [0.29, 0.717) is 12.5 Å². The fourth-order valence-electron chi connectivity index (χ4n) is 2.42. The van der Waals surface area contributed by atoms with Gasteiger partial charge in [-0.15, -0.1) is 0 Å². The smallest absolute Gasteiger partial charge is 0.223 e. The largest absolute Gasteiger partial charge is 0.355 e. The molecule has 2 atom stereocenters. The van der Waals surface area contributed by atoms with Gasteiger partial charge in [0.25, 0.3) is 0 Å². The first-order valence-corrected chi connectivity index (χ1v) is 6.65. The number of imidazole rings is 1. The third kappa shape index (κ3) is 2.84. The highest BCUT2D eigenvalue weighted by Crippen LogP contribution is 2.47. The minimum absolute atomic E-state index is 0.152. The molecule has 1 aromatic carbocycles. The second kappa shape index (κ2) is 5.26. The summed E-state index contributed by atoms with van der Waals surface area (Å²) in [4.78, 5) is 19.1. The molecule has 3 rings (SSSR count). The summed E-state index contributed by atoms with van der Waals surface area (Å²) in [5.41, 5.74) is 1.27. The number of hydrogen-bond donors (Lipinski definition) is 2. The topological polar surface area (TPSA) is 57.8 Å². The Hall–Kier alpha value is -2.10. The molecule has 0 spiro atoms. The molecule has 1 fully saturated rings. The average molecular weight is 255 g/mol. The molecule has 0 saturated heterocycles. The normalized spacial score (nSPS) is 21.1. The van der Waals surface area contributed by atoms with E-state index in [-0.39, 0.29) is 11.8 Å². The molecular weight excluding hydrogens is 238 g/mol. The van der Waals surface area contributed by atoms with Crippen LogP contribution in [0.25, 0.3) is 0 Å². The SMILES string of the molecule is O=C(NCCc1ncc[nH]1)C1CC1c1ccccc1. The van der Waals surface area contributed by atoms with Gasteiger partial charge in [-0.3, -0.25) is 4.79 Å². The lowest BCUT2D eigenvalue weighted by Crippen LogP contribution is -2.27. The van der Waals surface area contributed by atoms with Crippen molar-refractivity contribution in [1.29, 1.82) is 0 Å². The quantitative estimate of drug-likeness (QED) is 0.857. The zero-order chi connectivity index (χ0) is 13.1. The number of benzene rings is 1. The minimum atomic E-state index is 0.152. The Balaban J connectivity index is 1.45. The molecule has 1 saturated carbocycles. The molecule has 1 aromatic heterocycles. The Morgan fingerprint density at radius 2 is 2.21 bits per heavy atom. The van der Waals surface area contributed by atoms with E-state index in [1.807, 2.05) is 18.2 Å². The van der Waals surface area contributed by atoms with Crippen LogP contribution in [-0.2, 0) is 11.2 Å². The first kappa shape index (κ1) is 12.0.